The predicted octanol–water partition coefficient (Wildman–Crippen LogP) is 4.42. The number of hydrogen-bond acceptors (Lipinski definition) is 8. The summed E-state index contributed by atoms with van der Waals surface area (Å²) < 4.78 is 1.77. The second kappa shape index (κ2) is 14.9. The van der Waals surface area contributed by atoms with E-state index in [0.717, 1.165) is 48.7 Å². The average Bonchev–Trinajstić information content (AvgIpc) is 3.68. The maximum absolute atomic E-state index is 13.0. The number of amides is 2. The molecule has 0 radical (unpaired) electrons. The largest absolute Gasteiger partial charge is 0.366 e. The first-order chi connectivity index (χ1) is 24.2. The maximum atomic E-state index is 13.0. The summed E-state index contributed by atoms with van der Waals surface area (Å²) in [6.45, 7) is 7.28. The van der Waals surface area contributed by atoms with Gasteiger partial charge in [-0.2, -0.15) is 5.26 Å². The minimum Gasteiger partial charge on any atom is -0.340 e. The van der Waals surface area contributed by atoms with Crippen LogP contribution in [0.3, 0.4) is 0 Å². The SMILES string of the molecule is CCN(C(C)=O)c1cccc(-c2ccnc3c(C#N)c[nH][n+]23)c1.CN1CCN(C(=O)CC2c3nccnc3C(=O)C2c2ccc(Cl)cc2)CC1. The van der Waals surface area contributed by atoms with Crippen molar-refractivity contribution in [3.63, 3.8) is 0 Å². The molecule has 1 N–H and O–H groups in total. The monoisotopic (exact) mass is 690 g/mol. The van der Waals surface area contributed by atoms with Gasteiger partial charge in [0, 0.05) is 86.7 Å². The normalized spacial score (nSPS) is 17.1. The van der Waals surface area contributed by atoms with Gasteiger partial charge in [-0.25, -0.2) is 10.1 Å². The number of aromatic nitrogens is 5. The summed E-state index contributed by atoms with van der Waals surface area (Å²) in [4.78, 5) is 56.4. The highest BCUT2D eigenvalue weighted by atomic mass is 35.5. The fraction of sp³-hybridized carbons (Fsp3) is 0.297. The lowest BCUT2D eigenvalue weighted by molar-refractivity contribution is -0.567. The number of piperazine rings is 1. The molecule has 1 aliphatic heterocycles. The Morgan fingerprint density at radius 3 is 2.48 bits per heavy atom. The number of hydrogen-bond donors (Lipinski definition) is 1. The molecule has 5 aromatic rings. The van der Waals surface area contributed by atoms with Crippen molar-refractivity contribution in [3.05, 3.63) is 107 Å². The number of likely N-dealkylation sites (N-methyl/N-ethyl adjacent to an activating group) is 1. The maximum Gasteiger partial charge on any atom is 0.366 e. The van der Waals surface area contributed by atoms with Crippen molar-refractivity contribution >= 4 is 40.5 Å². The van der Waals surface area contributed by atoms with E-state index in [2.05, 4.69) is 38.1 Å². The van der Waals surface area contributed by atoms with Crippen molar-refractivity contribution < 1.29 is 18.9 Å². The Morgan fingerprint density at radius 1 is 1.04 bits per heavy atom. The lowest BCUT2D eigenvalue weighted by atomic mass is 9.85. The molecule has 1 aliphatic carbocycles. The molecule has 0 saturated carbocycles. The lowest BCUT2D eigenvalue weighted by Crippen LogP contribution is -2.47. The molecule has 254 valence electrons. The zero-order valence-electron chi connectivity index (χ0n) is 28.1. The van der Waals surface area contributed by atoms with Gasteiger partial charge in [0.1, 0.15) is 18.0 Å². The molecule has 2 aliphatic rings. The number of fused-ring (bicyclic) bond motifs is 2. The van der Waals surface area contributed by atoms with E-state index in [0.29, 0.717) is 34.2 Å². The van der Waals surface area contributed by atoms with E-state index in [9.17, 15) is 14.4 Å². The Labute approximate surface area is 294 Å². The summed E-state index contributed by atoms with van der Waals surface area (Å²) in [7, 11) is 2.06. The van der Waals surface area contributed by atoms with Crippen molar-refractivity contribution in [2.45, 2.75) is 32.1 Å². The Balaban J connectivity index is 0.000000175. The van der Waals surface area contributed by atoms with Gasteiger partial charge in [-0.05, 0) is 48.8 Å². The van der Waals surface area contributed by atoms with Crippen molar-refractivity contribution in [2.75, 3.05) is 44.7 Å². The number of nitrogens with zero attached hydrogens (tertiary/aromatic N) is 8. The van der Waals surface area contributed by atoms with E-state index >= 15 is 0 Å². The minimum absolute atomic E-state index is 0.00354. The molecule has 50 heavy (non-hydrogen) atoms. The van der Waals surface area contributed by atoms with Gasteiger partial charge in [-0.3, -0.25) is 19.4 Å². The van der Waals surface area contributed by atoms with Gasteiger partial charge in [0.15, 0.2) is 17.0 Å². The highest BCUT2D eigenvalue weighted by Crippen LogP contribution is 2.44. The Hall–Kier alpha value is -5.51. The topological polar surface area (TPSA) is 143 Å². The van der Waals surface area contributed by atoms with Gasteiger partial charge < -0.3 is 14.7 Å². The number of Topliss-reactive ketones (excluding diaryl/α,β-unsaturated/α-hetero) is 1. The summed E-state index contributed by atoms with van der Waals surface area (Å²) in [5.74, 6) is -0.746. The summed E-state index contributed by atoms with van der Waals surface area (Å²) in [6.07, 6.45) is 6.68. The van der Waals surface area contributed by atoms with E-state index in [1.807, 2.05) is 54.3 Å². The average molecular weight is 691 g/mol. The molecular formula is C37H37ClN9O3+. The number of nitriles is 1. The number of rotatable bonds is 6. The van der Waals surface area contributed by atoms with Crippen molar-refractivity contribution in [1.82, 2.24) is 29.9 Å². The van der Waals surface area contributed by atoms with Gasteiger partial charge in [-0.1, -0.05) is 35.9 Å². The van der Waals surface area contributed by atoms with Gasteiger partial charge in [0.25, 0.3) is 0 Å². The second-order valence-corrected chi connectivity index (χ2v) is 12.7. The zero-order chi connectivity index (χ0) is 35.4. The smallest absolute Gasteiger partial charge is 0.340 e. The van der Waals surface area contributed by atoms with Crippen LogP contribution in [0.1, 0.15) is 59.4 Å². The van der Waals surface area contributed by atoms with Gasteiger partial charge in [0.2, 0.25) is 11.8 Å². The molecule has 12 nitrogen and oxygen atoms in total. The first-order valence-electron chi connectivity index (χ1n) is 16.4. The summed E-state index contributed by atoms with van der Waals surface area (Å²) in [5.41, 5.74) is 5.58. The molecule has 0 bridgehead atoms. The molecule has 7 rings (SSSR count). The van der Waals surface area contributed by atoms with Crippen LogP contribution in [-0.4, -0.2) is 87.2 Å². The summed E-state index contributed by atoms with van der Waals surface area (Å²) in [6, 6.07) is 19.0. The number of carbonyl (C=O) groups is 3. The molecule has 2 amide bonds. The molecule has 2 atom stereocenters. The molecule has 2 aromatic carbocycles. The van der Waals surface area contributed by atoms with Crippen LogP contribution in [0.15, 0.2) is 79.4 Å². The van der Waals surface area contributed by atoms with E-state index in [1.165, 1.54) is 6.20 Å². The van der Waals surface area contributed by atoms with Gasteiger partial charge in [0.05, 0.1) is 17.8 Å². The zero-order valence-corrected chi connectivity index (χ0v) is 28.8. The standard InChI is InChI=1S/C20H21ClN4O2.C17H15N5O/c1-24-8-10-25(11-9-24)16(26)12-15-17(13-2-4-14(21)5-3-13)20(27)19-18(15)22-6-7-23-19;1-3-21(12(2)23)15-6-4-5-13(9-15)16-7-8-19-17-14(10-18)11-20-22(16)17/h2-7,15,17H,8-12H2,1H3;4-9,11H,3H2,1-2H3/p+1. The molecular weight excluding hydrogens is 654 g/mol. The van der Waals surface area contributed by atoms with Crippen LogP contribution in [0.25, 0.3) is 16.9 Å². The summed E-state index contributed by atoms with van der Waals surface area (Å²) in [5, 5.41) is 12.8. The number of halogens is 1. The third-order valence-electron chi connectivity index (χ3n) is 9.21. The predicted molar refractivity (Wildman–Crippen MR) is 188 cm³/mol. The van der Waals surface area contributed by atoms with Crippen molar-refractivity contribution in [2.24, 2.45) is 0 Å². The van der Waals surface area contributed by atoms with Crippen LogP contribution in [0.4, 0.5) is 5.69 Å². The van der Waals surface area contributed by atoms with Gasteiger partial charge in [-0.15, -0.1) is 4.52 Å². The molecule has 1 saturated heterocycles. The number of carbonyl (C=O) groups excluding carboxylic acids is 3. The number of ketones is 1. The number of anilines is 1. The van der Waals surface area contributed by atoms with Crippen LogP contribution >= 0.6 is 11.6 Å². The fourth-order valence-corrected chi connectivity index (χ4v) is 6.73. The van der Waals surface area contributed by atoms with Crippen LogP contribution in [0.5, 0.6) is 0 Å². The molecule has 13 heteroatoms. The quantitative estimate of drug-likeness (QED) is 0.258. The van der Waals surface area contributed by atoms with Crippen LogP contribution in [-0.2, 0) is 9.59 Å². The van der Waals surface area contributed by atoms with E-state index in [1.54, 1.807) is 47.1 Å². The summed E-state index contributed by atoms with van der Waals surface area (Å²) >= 11 is 6.00. The van der Waals surface area contributed by atoms with E-state index in [4.69, 9.17) is 16.9 Å². The van der Waals surface area contributed by atoms with Crippen molar-refractivity contribution in [3.8, 4) is 17.3 Å². The van der Waals surface area contributed by atoms with Crippen LogP contribution in [0, 0.1) is 11.3 Å². The Morgan fingerprint density at radius 2 is 1.78 bits per heavy atom. The Bertz CT molecular complexity index is 2080. The molecule has 4 heterocycles. The van der Waals surface area contributed by atoms with Crippen LogP contribution in [0.2, 0.25) is 5.02 Å². The fourth-order valence-electron chi connectivity index (χ4n) is 6.61. The molecule has 3 aromatic heterocycles. The first-order valence-corrected chi connectivity index (χ1v) is 16.8. The first kappa shape index (κ1) is 34.4. The number of nitrogens with one attached hydrogen (secondary N) is 1. The number of benzene rings is 2. The number of H-pyrrole nitrogens is 1. The van der Waals surface area contributed by atoms with E-state index in [-0.39, 0.29) is 29.9 Å². The van der Waals surface area contributed by atoms with Crippen molar-refractivity contribution in [1.29, 1.82) is 5.26 Å². The molecule has 1 fully saturated rings. The van der Waals surface area contributed by atoms with E-state index < -0.39 is 5.92 Å². The third-order valence-corrected chi connectivity index (χ3v) is 9.46. The molecule has 0 spiro atoms. The van der Waals surface area contributed by atoms with Gasteiger partial charge >= 0.3 is 5.65 Å². The van der Waals surface area contributed by atoms with Crippen LogP contribution < -0.4 is 9.42 Å². The highest BCUT2D eigenvalue weighted by molar-refractivity contribution is 6.30. The number of aromatic amines is 1. The molecule has 2 unspecified atom stereocenters. The Kier molecular flexibility index (Phi) is 10.3. The lowest BCUT2D eigenvalue weighted by Gasteiger charge is -2.33. The minimum atomic E-state index is -0.448. The highest BCUT2D eigenvalue weighted by Gasteiger charge is 2.44. The second-order valence-electron chi connectivity index (χ2n) is 12.3. The third kappa shape index (κ3) is 6.96.